The first-order chi connectivity index (χ1) is 7.43. The summed E-state index contributed by atoms with van der Waals surface area (Å²) < 4.78 is 0. The number of nitrogens with two attached hydrogens (primary N) is 1. The minimum atomic E-state index is 0.562. The molecule has 1 aliphatic rings. The van der Waals surface area contributed by atoms with Crippen LogP contribution in [0.5, 0.6) is 0 Å². The molecule has 0 spiro atoms. The quantitative estimate of drug-likeness (QED) is 0.781. The molecule has 0 aromatic rings. The topological polar surface area (TPSA) is 29.3 Å². The molecule has 0 bridgehead atoms. The van der Waals surface area contributed by atoms with Crippen molar-refractivity contribution in [2.75, 3.05) is 26.2 Å². The molecule has 96 valence electrons. The number of nitrogens with zero attached hydrogens (tertiary/aromatic N) is 1. The SMILES string of the molecule is CC(C)CC(CN)CN1CCC(C)(C)CC1. The predicted molar refractivity (Wildman–Crippen MR) is 71.5 cm³/mol. The summed E-state index contributed by atoms with van der Waals surface area (Å²) >= 11 is 0. The molecule has 1 aliphatic heterocycles. The maximum Gasteiger partial charge on any atom is 0.00218 e. The zero-order valence-electron chi connectivity index (χ0n) is 11.6. The van der Waals surface area contributed by atoms with Crippen molar-refractivity contribution in [3.63, 3.8) is 0 Å². The Labute approximate surface area is 102 Å². The van der Waals surface area contributed by atoms with Gasteiger partial charge in [0.25, 0.3) is 0 Å². The highest BCUT2D eigenvalue weighted by atomic mass is 15.1. The van der Waals surface area contributed by atoms with Crippen molar-refractivity contribution < 1.29 is 0 Å². The lowest BCUT2D eigenvalue weighted by atomic mass is 9.82. The first kappa shape index (κ1) is 14.0. The second-order valence-electron chi connectivity index (χ2n) is 6.70. The largest absolute Gasteiger partial charge is 0.330 e. The maximum absolute atomic E-state index is 5.86. The van der Waals surface area contributed by atoms with Crippen molar-refractivity contribution in [1.82, 2.24) is 4.90 Å². The fraction of sp³-hybridized carbons (Fsp3) is 1.00. The third kappa shape index (κ3) is 4.84. The summed E-state index contributed by atoms with van der Waals surface area (Å²) in [7, 11) is 0. The summed E-state index contributed by atoms with van der Waals surface area (Å²) in [5.74, 6) is 1.47. The fourth-order valence-corrected chi connectivity index (χ4v) is 2.62. The lowest BCUT2D eigenvalue weighted by Gasteiger charge is -2.38. The highest BCUT2D eigenvalue weighted by molar-refractivity contribution is 4.80. The van der Waals surface area contributed by atoms with E-state index in [1.807, 2.05) is 0 Å². The van der Waals surface area contributed by atoms with E-state index in [0.717, 1.165) is 12.5 Å². The third-order valence-corrected chi connectivity index (χ3v) is 3.86. The molecule has 16 heavy (non-hydrogen) atoms. The van der Waals surface area contributed by atoms with Crippen LogP contribution in [0.4, 0.5) is 0 Å². The molecule has 2 nitrogen and oxygen atoms in total. The van der Waals surface area contributed by atoms with E-state index in [9.17, 15) is 0 Å². The molecule has 1 fully saturated rings. The van der Waals surface area contributed by atoms with Crippen LogP contribution in [0, 0.1) is 17.3 Å². The first-order valence-electron chi connectivity index (χ1n) is 6.85. The van der Waals surface area contributed by atoms with Gasteiger partial charge in [-0.1, -0.05) is 27.7 Å². The number of likely N-dealkylation sites (tertiary alicyclic amines) is 1. The van der Waals surface area contributed by atoms with Gasteiger partial charge in [-0.2, -0.15) is 0 Å². The lowest BCUT2D eigenvalue weighted by molar-refractivity contribution is 0.114. The van der Waals surface area contributed by atoms with E-state index < -0.39 is 0 Å². The molecule has 2 N–H and O–H groups in total. The molecule has 0 aromatic carbocycles. The minimum absolute atomic E-state index is 0.562. The van der Waals surface area contributed by atoms with E-state index in [1.54, 1.807) is 0 Å². The van der Waals surface area contributed by atoms with Crippen LogP contribution >= 0.6 is 0 Å². The van der Waals surface area contributed by atoms with Crippen LogP contribution < -0.4 is 5.73 Å². The van der Waals surface area contributed by atoms with Gasteiger partial charge in [0.15, 0.2) is 0 Å². The van der Waals surface area contributed by atoms with Crippen LogP contribution in [0.1, 0.15) is 47.0 Å². The van der Waals surface area contributed by atoms with Crippen molar-refractivity contribution in [3.05, 3.63) is 0 Å². The summed E-state index contributed by atoms with van der Waals surface area (Å²) in [6.45, 7) is 14.0. The third-order valence-electron chi connectivity index (χ3n) is 3.86. The van der Waals surface area contributed by atoms with Crippen LogP contribution in [0.25, 0.3) is 0 Å². The normalized spacial score (nSPS) is 23.6. The van der Waals surface area contributed by atoms with Crippen molar-refractivity contribution in [1.29, 1.82) is 0 Å². The molecule has 1 saturated heterocycles. The average Bonchev–Trinajstić information content (AvgIpc) is 2.19. The molecule has 2 heteroatoms. The van der Waals surface area contributed by atoms with Crippen LogP contribution in [0.15, 0.2) is 0 Å². The Kier molecular flexibility index (Phi) is 5.26. The van der Waals surface area contributed by atoms with Gasteiger partial charge in [-0.05, 0) is 56.1 Å². The lowest BCUT2D eigenvalue weighted by Crippen LogP contribution is -2.41. The van der Waals surface area contributed by atoms with Gasteiger partial charge in [0.05, 0.1) is 0 Å². The Morgan fingerprint density at radius 2 is 1.75 bits per heavy atom. The van der Waals surface area contributed by atoms with Crippen molar-refractivity contribution in [2.45, 2.75) is 47.0 Å². The summed E-state index contributed by atoms with van der Waals surface area (Å²) in [6, 6.07) is 0. The maximum atomic E-state index is 5.86. The van der Waals surface area contributed by atoms with Crippen LogP contribution in [-0.2, 0) is 0 Å². The Balaban J connectivity index is 2.31. The second-order valence-corrected chi connectivity index (χ2v) is 6.70. The van der Waals surface area contributed by atoms with E-state index >= 15 is 0 Å². The highest BCUT2D eigenvalue weighted by Crippen LogP contribution is 2.30. The Morgan fingerprint density at radius 3 is 2.19 bits per heavy atom. The number of piperidine rings is 1. The molecular weight excluding hydrogens is 196 g/mol. The van der Waals surface area contributed by atoms with E-state index in [2.05, 4.69) is 32.6 Å². The van der Waals surface area contributed by atoms with Gasteiger partial charge < -0.3 is 10.6 Å². The zero-order chi connectivity index (χ0) is 12.2. The standard InChI is InChI=1S/C14H30N2/c1-12(2)9-13(10-15)11-16-7-5-14(3,4)6-8-16/h12-13H,5-11,15H2,1-4H3. The summed E-state index contributed by atoms with van der Waals surface area (Å²) in [6.07, 6.45) is 3.95. The predicted octanol–water partition coefficient (Wildman–Crippen LogP) is 2.73. The van der Waals surface area contributed by atoms with E-state index in [0.29, 0.717) is 11.3 Å². The summed E-state index contributed by atoms with van der Waals surface area (Å²) in [5.41, 5.74) is 6.43. The van der Waals surface area contributed by atoms with Crippen molar-refractivity contribution in [2.24, 2.45) is 23.0 Å². The number of hydrogen-bond acceptors (Lipinski definition) is 2. The molecule has 0 aliphatic carbocycles. The molecule has 1 unspecified atom stereocenters. The number of hydrogen-bond donors (Lipinski definition) is 1. The Morgan fingerprint density at radius 1 is 1.19 bits per heavy atom. The molecule has 0 radical (unpaired) electrons. The molecule has 0 saturated carbocycles. The van der Waals surface area contributed by atoms with Crippen molar-refractivity contribution >= 4 is 0 Å². The van der Waals surface area contributed by atoms with Crippen molar-refractivity contribution in [3.8, 4) is 0 Å². The molecule has 0 amide bonds. The number of rotatable bonds is 5. The van der Waals surface area contributed by atoms with Gasteiger partial charge >= 0.3 is 0 Å². The minimum Gasteiger partial charge on any atom is -0.330 e. The van der Waals surface area contributed by atoms with E-state index in [1.165, 1.54) is 38.9 Å². The molecule has 0 aromatic heterocycles. The smallest absolute Gasteiger partial charge is 0.00218 e. The summed E-state index contributed by atoms with van der Waals surface area (Å²) in [4.78, 5) is 2.62. The van der Waals surface area contributed by atoms with Crippen LogP contribution in [-0.4, -0.2) is 31.1 Å². The Bertz CT molecular complexity index is 189. The average molecular weight is 226 g/mol. The van der Waals surface area contributed by atoms with Gasteiger partial charge in [0.2, 0.25) is 0 Å². The Hall–Kier alpha value is -0.0800. The molecule has 1 heterocycles. The van der Waals surface area contributed by atoms with Gasteiger partial charge in [0.1, 0.15) is 0 Å². The van der Waals surface area contributed by atoms with E-state index in [-0.39, 0.29) is 0 Å². The molecule has 1 rings (SSSR count). The first-order valence-corrected chi connectivity index (χ1v) is 6.85. The van der Waals surface area contributed by atoms with E-state index in [4.69, 9.17) is 5.73 Å². The van der Waals surface area contributed by atoms with Crippen LogP contribution in [0.2, 0.25) is 0 Å². The van der Waals surface area contributed by atoms with Crippen LogP contribution in [0.3, 0.4) is 0 Å². The van der Waals surface area contributed by atoms with Gasteiger partial charge in [0, 0.05) is 6.54 Å². The van der Waals surface area contributed by atoms with Gasteiger partial charge in [-0.3, -0.25) is 0 Å². The second kappa shape index (κ2) is 6.02. The molecule has 1 atom stereocenters. The molecular formula is C14H30N2. The monoisotopic (exact) mass is 226 g/mol. The van der Waals surface area contributed by atoms with Gasteiger partial charge in [-0.15, -0.1) is 0 Å². The fourth-order valence-electron chi connectivity index (χ4n) is 2.62. The summed E-state index contributed by atoms with van der Waals surface area (Å²) in [5, 5.41) is 0. The highest BCUT2D eigenvalue weighted by Gasteiger charge is 2.26. The zero-order valence-corrected chi connectivity index (χ0v) is 11.6. The van der Waals surface area contributed by atoms with Gasteiger partial charge in [-0.25, -0.2) is 0 Å².